The van der Waals surface area contributed by atoms with Gasteiger partial charge in [0.1, 0.15) is 5.75 Å². The molecule has 21 heavy (non-hydrogen) atoms. The highest BCUT2D eigenvalue weighted by Crippen LogP contribution is 2.13. The summed E-state index contributed by atoms with van der Waals surface area (Å²) >= 11 is 0. The number of hydrogen-bond donors (Lipinski definition) is 3. The summed E-state index contributed by atoms with van der Waals surface area (Å²) in [6.45, 7) is 0.935. The maximum absolute atomic E-state index is 9.39. The van der Waals surface area contributed by atoms with E-state index in [-0.39, 0.29) is 18.4 Å². The van der Waals surface area contributed by atoms with Crippen LogP contribution >= 0.6 is 0 Å². The molecule has 0 spiro atoms. The Balaban J connectivity index is 1.87. The molecule has 112 valence electrons. The lowest BCUT2D eigenvalue weighted by Gasteiger charge is -2.10. The van der Waals surface area contributed by atoms with Gasteiger partial charge in [-0.3, -0.25) is 0 Å². The van der Waals surface area contributed by atoms with Crippen molar-refractivity contribution in [2.75, 3.05) is 6.61 Å². The van der Waals surface area contributed by atoms with Gasteiger partial charge >= 0.3 is 0 Å². The molecule has 1 unspecified atom stereocenters. The molecular formula is C17H21NO3. The van der Waals surface area contributed by atoms with E-state index in [0.29, 0.717) is 19.6 Å². The lowest BCUT2D eigenvalue weighted by Crippen LogP contribution is -2.26. The average molecular weight is 287 g/mol. The lowest BCUT2D eigenvalue weighted by molar-refractivity contribution is 0.107. The van der Waals surface area contributed by atoms with Gasteiger partial charge in [0.25, 0.3) is 0 Å². The number of aliphatic hydroxyl groups is 1. The van der Waals surface area contributed by atoms with Crippen molar-refractivity contribution >= 4 is 0 Å². The van der Waals surface area contributed by atoms with Crippen LogP contribution < -0.4 is 5.73 Å². The van der Waals surface area contributed by atoms with Gasteiger partial charge in [0.05, 0.1) is 19.8 Å². The lowest BCUT2D eigenvalue weighted by atomic mass is 10.0. The maximum atomic E-state index is 9.39. The molecule has 0 bridgehead atoms. The third kappa shape index (κ3) is 5.19. The van der Waals surface area contributed by atoms with Crippen molar-refractivity contribution in [2.45, 2.75) is 25.7 Å². The van der Waals surface area contributed by atoms with E-state index in [0.717, 1.165) is 16.7 Å². The van der Waals surface area contributed by atoms with Gasteiger partial charge in [-0.15, -0.1) is 0 Å². The van der Waals surface area contributed by atoms with E-state index in [9.17, 15) is 5.11 Å². The maximum Gasteiger partial charge on any atom is 0.115 e. The Morgan fingerprint density at radius 3 is 2.24 bits per heavy atom. The highest BCUT2D eigenvalue weighted by atomic mass is 16.5. The molecule has 0 heterocycles. The summed E-state index contributed by atoms with van der Waals surface area (Å²) < 4.78 is 5.66. The molecule has 2 rings (SSSR count). The zero-order chi connectivity index (χ0) is 15.1. The molecule has 4 N–H and O–H groups in total. The van der Waals surface area contributed by atoms with Crippen LogP contribution in [0, 0.1) is 0 Å². The predicted molar refractivity (Wildman–Crippen MR) is 81.8 cm³/mol. The summed E-state index contributed by atoms with van der Waals surface area (Å²) in [6.07, 6.45) is 0.650. The van der Waals surface area contributed by atoms with Gasteiger partial charge in [-0.05, 0) is 35.2 Å². The Labute approximate surface area is 124 Å². The molecule has 0 amide bonds. The molecule has 1 atom stereocenters. The van der Waals surface area contributed by atoms with E-state index < -0.39 is 0 Å². The molecule has 0 aliphatic carbocycles. The van der Waals surface area contributed by atoms with Gasteiger partial charge in [0.2, 0.25) is 0 Å². The van der Waals surface area contributed by atoms with Crippen molar-refractivity contribution < 1.29 is 14.9 Å². The van der Waals surface area contributed by atoms with Gasteiger partial charge in [-0.1, -0.05) is 36.4 Å². The van der Waals surface area contributed by atoms with Gasteiger partial charge in [-0.2, -0.15) is 0 Å². The predicted octanol–water partition coefficient (Wildman–Crippen LogP) is 1.97. The Hall–Kier alpha value is -1.88. The van der Waals surface area contributed by atoms with E-state index in [1.54, 1.807) is 18.2 Å². The van der Waals surface area contributed by atoms with Crippen molar-refractivity contribution in [3.63, 3.8) is 0 Å². The largest absolute Gasteiger partial charge is 0.508 e. The SMILES string of the molecule is NC(CO)Cc1cccc(COCc2cccc(O)c2)c1. The Bertz CT molecular complexity index is 571. The molecule has 0 saturated carbocycles. The number of nitrogens with two attached hydrogens (primary N) is 1. The van der Waals surface area contributed by atoms with E-state index in [2.05, 4.69) is 0 Å². The highest BCUT2D eigenvalue weighted by molar-refractivity contribution is 5.27. The Morgan fingerprint density at radius 1 is 0.952 bits per heavy atom. The van der Waals surface area contributed by atoms with Crippen molar-refractivity contribution in [3.05, 3.63) is 65.2 Å². The number of phenolic OH excluding ortho intramolecular Hbond substituents is 1. The smallest absolute Gasteiger partial charge is 0.115 e. The fourth-order valence-electron chi connectivity index (χ4n) is 2.15. The number of hydrogen-bond acceptors (Lipinski definition) is 4. The minimum absolute atomic E-state index is 0.0156. The van der Waals surface area contributed by atoms with Gasteiger partial charge in [-0.25, -0.2) is 0 Å². The van der Waals surface area contributed by atoms with E-state index in [4.69, 9.17) is 15.6 Å². The normalized spacial score (nSPS) is 12.3. The fraction of sp³-hybridized carbons (Fsp3) is 0.294. The molecular weight excluding hydrogens is 266 g/mol. The molecule has 4 heteroatoms. The van der Waals surface area contributed by atoms with Crippen molar-refractivity contribution in [3.8, 4) is 5.75 Å². The van der Waals surface area contributed by atoms with Crippen LogP contribution in [-0.4, -0.2) is 22.9 Å². The first kappa shape index (κ1) is 15.5. The summed E-state index contributed by atoms with van der Waals surface area (Å²) in [5.41, 5.74) is 8.84. The molecule has 0 aromatic heterocycles. The zero-order valence-electron chi connectivity index (χ0n) is 11.9. The van der Waals surface area contributed by atoms with E-state index in [1.807, 2.05) is 30.3 Å². The number of ether oxygens (including phenoxy) is 1. The quantitative estimate of drug-likeness (QED) is 0.728. The summed E-state index contributed by atoms with van der Waals surface area (Å²) in [7, 11) is 0. The second-order valence-corrected chi connectivity index (χ2v) is 5.13. The minimum Gasteiger partial charge on any atom is -0.508 e. The molecule has 0 aliphatic heterocycles. The molecule has 0 radical (unpaired) electrons. The number of benzene rings is 2. The third-order valence-electron chi connectivity index (χ3n) is 3.17. The number of aromatic hydroxyl groups is 1. The van der Waals surface area contributed by atoms with Gasteiger partial charge in [0.15, 0.2) is 0 Å². The minimum atomic E-state index is -0.228. The summed E-state index contributed by atoms with van der Waals surface area (Å²) in [4.78, 5) is 0. The molecule has 4 nitrogen and oxygen atoms in total. The van der Waals surface area contributed by atoms with Crippen LogP contribution in [0.25, 0.3) is 0 Å². The van der Waals surface area contributed by atoms with Crippen molar-refractivity contribution in [1.82, 2.24) is 0 Å². The molecule has 0 saturated heterocycles. The second-order valence-electron chi connectivity index (χ2n) is 5.13. The first-order valence-corrected chi connectivity index (χ1v) is 6.97. The zero-order valence-corrected chi connectivity index (χ0v) is 11.9. The number of aliphatic hydroxyl groups excluding tert-OH is 1. The van der Waals surface area contributed by atoms with E-state index >= 15 is 0 Å². The van der Waals surface area contributed by atoms with Crippen molar-refractivity contribution in [2.24, 2.45) is 5.73 Å². The van der Waals surface area contributed by atoms with Crippen LogP contribution in [0.3, 0.4) is 0 Å². The van der Waals surface area contributed by atoms with Gasteiger partial charge < -0.3 is 20.7 Å². The van der Waals surface area contributed by atoms with Crippen LogP contribution in [0.5, 0.6) is 5.75 Å². The molecule has 0 aliphatic rings. The number of rotatable bonds is 7. The van der Waals surface area contributed by atoms with E-state index in [1.165, 1.54) is 0 Å². The first-order chi connectivity index (χ1) is 10.2. The van der Waals surface area contributed by atoms with Gasteiger partial charge in [0, 0.05) is 6.04 Å². The molecule has 2 aromatic rings. The number of phenols is 1. The summed E-state index contributed by atoms with van der Waals surface area (Å²) in [6, 6.07) is 14.8. The summed E-state index contributed by atoms with van der Waals surface area (Å²) in [5.74, 6) is 0.246. The summed E-state index contributed by atoms with van der Waals surface area (Å²) in [5, 5.41) is 18.4. The molecule has 2 aromatic carbocycles. The third-order valence-corrected chi connectivity index (χ3v) is 3.17. The topological polar surface area (TPSA) is 75.7 Å². The van der Waals surface area contributed by atoms with Crippen LogP contribution in [0.2, 0.25) is 0 Å². The van der Waals surface area contributed by atoms with Crippen LogP contribution in [0.15, 0.2) is 48.5 Å². The van der Waals surface area contributed by atoms with Crippen LogP contribution in [0.4, 0.5) is 0 Å². The Morgan fingerprint density at radius 2 is 1.57 bits per heavy atom. The Kier molecular flexibility index (Phi) is 5.75. The standard InChI is InChI=1S/C17H21NO3/c18-16(10-19)8-13-3-1-4-14(7-13)11-21-12-15-5-2-6-17(20)9-15/h1-7,9,16,19-20H,8,10-12,18H2. The van der Waals surface area contributed by atoms with Crippen LogP contribution in [0.1, 0.15) is 16.7 Å². The fourth-order valence-corrected chi connectivity index (χ4v) is 2.15. The van der Waals surface area contributed by atoms with Crippen LogP contribution in [-0.2, 0) is 24.4 Å². The average Bonchev–Trinajstić information content (AvgIpc) is 2.47. The van der Waals surface area contributed by atoms with Crippen molar-refractivity contribution in [1.29, 1.82) is 0 Å². The monoisotopic (exact) mass is 287 g/mol. The first-order valence-electron chi connectivity index (χ1n) is 6.97. The second kappa shape index (κ2) is 7.78. The molecule has 0 fully saturated rings. The highest BCUT2D eigenvalue weighted by Gasteiger charge is 2.03.